The summed E-state index contributed by atoms with van der Waals surface area (Å²) in [6.45, 7) is 9.99. The Balaban J connectivity index is -0.000000372. The number of hydrogen-bond acceptors (Lipinski definition) is 8. The fourth-order valence-electron chi connectivity index (χ4n) is 2.49. The van der Waals surface area contributed by atoms with E-state index in [9.17, 15) is 0 Å². The van der Waals surface area contributed by atoms with E-state index in [4.69, 9.17) is 21.0 Å². The van der Waals surface area contributed by atoms with Crippen molar-refractivity contribution in [2.75, 3.05) is 77.3 Å². The molecular weight excluding hydrogens is 432 g/mol. The molecule has 0 aliphatic carbocycles. The van der Waals surface area contributed by atoms with Crippen LogP contribution < -0.4 is 5.32 Å². The third-order valence-corrected chi connectivity index (χ3v) is 4.41. The van der Waals surface area contributed by atoms with Gasteiger partial charge in [-0.2, -0.15) is 21.0 Å². The van der Waals surface area contributed by atoms with E-state index in [0.29, 0.717) is 25.9 Å². The maximum absolute atomic E-state index is 8.48. The second kappa shape index (κ2) is 24.3. The summed E-state index contributed by atoms with van der Waals surface area (Å²) in [5.74, 6) is 0. The highest BCUT2D eigenvalue weighted by Gasteiger charge is 2.15. The number of halogens is 1. The van der Waals surface area contributed by atoms with Crippen molar-refractivity contribution in [3.63, 3.8) is 0 Å². The lowest BCUT2D eigenvalue weighted by atomic mass is 10.3. The van der Waals surface area contributed by atoms with Crippen molar-refractivity contribution < 1.29 is 0 Å². The van der Waals surface area contributed by atoms with E-state index < -0.39 is 0 Å². The first-order chi connectivity index (χ1) is 13.2. The summed E-state index contributed by atoms with van der Waals surface area (Å²) in [7, 11) is 0. The number of alkyl halides is 1. The molecule has 0 radical (unpaired) electrons. The van der Waals surface area contributed by atoms with E-state index in [1.165, 1.54) is 0 Å². The van der Waals surface area contributed by atoms with E-state index in [1.807, 2.05) is 6.07 Å². The molecule has 0 saturated carbocycles. The van der Waals surface area contributed by atoms with Crippen LogP contribution in [0.25, 0.3) is 0 Å². The molecule has 2 rings (SSSR count). The standard InChI is InChI=1S/C9H14N4.C6H11N3.C3H4BrN.2CH4/c10-2-1-4-12-6-8-13(5-3-11)9-7-12;7-1-4-9-5-2-8-3-6-9;4-2-1-3-5;;/h1,4-9H2;8H,2-6H2;1-2H2;2*1H4. The molecule has 164 valence electrons. The van der Waals surface area contributed by atoms with Gasteiger partial charge in [-0.15, -0.1) is 0 Å². The monoisotopic (exact) mass is 468 g/mol. The minimum absolute atomic E-state index is 0. The summed E-state index contributed by atoms with van der Waals surface area (Å²) >= 11 is 3.09. The molecule has 0 aromatic rings. The van der Waals surface area contributed by atoms with Crippen molar-refractivity contribution in [3.05, 3.63) is 0 Å². The van der Waals surface area contributed by atoms with Gasteiger partial charge in [0.1, 0.15) is 0 Å². The van der Waals surface area contributed by atoms with Gasteiger partial charge in [-0.05, 0) is 0 Å². The molecule has 0 atom stereocenters. The Morgan fingerprint density at radius 1 is 0.655 bits per heavy atom. The normalized spacial score (nSPS) is 16.3. The predicted octanol–water partition coefficient (Wildman–Crippen LogP) is 2.02. The van der Waals surface area contributed by atoms with Crippen LogP contribution in [0.15, 0.2) is 0 Å². The lowest BCUT2D eigenvalue weighted by molar-refractivity contribution is 0.146. The van der Waals surface area contributed by atoms with E-state index in [2.05, 4.69) is 54.2 Å². The summed E-state index contributed by atoms with van der Waals surface area (Å²) < 4.78 is 0. The fourth-order valence-corrected chi connectivity index (χ4v) is 2.67. The zero-order valence-corrected chi connectivity index (χ0v) is 17.5. The van der Waals surface area contributed by atoms with Gasteiger partial charge < -0.3 is 5.32 Å². The van der Waals surface area contributed by atoms with Crippen molar-refractivity contribution in [3.8, 4) is 24.3 Å². The van der Waals surface area contributed by atoms with Gasteiger partial charge in [0, 0.05) is 77.1 Å². The Kier molecular flexibility index (Phi) is 26.8. The van der Waals surface area contributed by atoms with Gasteiger partial charge in [-0.3, -0.25) is 14.7 Å². The number of hydrogen-bond donors (Lipinski definition) is 1. The van der Waals surface area contributed by atoms with Gasteiger partial charge in [0.2, 0.25) is 0 Å². The zero-order valence-electron chi connectivity index (χ0n) is 15.9. The summed E-state index contributed by atoms with van der Waals surface area (Å²) in [6.07, 6.45) is 1.22. The van der Waals surface area contributed by atoms with Crippen molar-refractivity contribution >= 4 is 15.9 Å². The summed E-state index contributed by atoms with van der Waals surface area (Å²) in [5.41, 5.74) is 0. The molecule has 0 unspecified atom stereocenters. The van der Waals surface area contributed by atoms with Crippen LogP contribution in [-0.2, 0) is 0 Å². The SMILES string of the molecule is C.C.N#CCCBr.N#CCCN1CCN(CC#N)CC1.N#CCN1CCNCC1. The topological polar surface area (TPSA) is 117 Å². The van der Waals surface area contributed by atoms with Crippen LogP contribution in [0, 0.1) is 45.3 Å². The van der Waals surface area contributed by atoms with Crippen LogP contribution in [0.2, 0.25) is 0 Å². The van der Waals surface area contributed by atoms with Crippen molar-refractivity contribution in [2.24, 2.45) is 0 Å². The summed E-state index contributed by atoms with van der Waals surface area (Å²) in [5, 5.41) is 37.0. The van der Waals surface area contributed by atoms with Gasteiger partial charge in [0.05, 0.1) is 37.4 Å². The molecule has 8 nitrogen and oxygen atoms in total. The highest BCUT2D eigenvalue weighted by Crippen LogP contribution is 2.01. The molecule has 9 heteroatoms. The Morgan fingerprint density at radius 2 is 1.10 bits per heavy atom. The molecular formula is C20H37BrN8. The molecule has 0 spiro atoms. The van der Waals surface area contributed by atoms with Crippen molar-refractivity contribution in [2.45, 2.75) is 27.7 Å². The van der Waals surface area contributed by atoms with Crippen LogP contribution in [0.5, 0.6) is 0 Å². The van der Waals surface area contributed by atoms with Gasteiger partial charge in [-0.25, -0.2) is 0 Å². The molecule has 29 heavy (non-hydrogen) atoms. The fraction of sp³-hybridized carbons (Fsp3) is 0.800. The second-order valence-corrected chi connectivity index (χ2v) is 6.76. The maximum Gasteiger partial charge on any atom is 0.0866 e. The molecule has 0 aromatic carbocycles. The highest BCUT2D eigenvalue weighted by molar-refractivity contribution is 9.09. The Morgan fingerprint density at radius 3 is 1.48 bits per heavy atom. The molecule has 1 N–H and O–H groups in total. The van der Waals surface area contributed by atoms with Crippen LogP contribution >= 0.6 is 15.9 Å². The maximum atomic E-state index is 8.48. The second-order valence-electron chi connectivity index (χ2n) is 5.97. The smallest absolute Gasteiger partial charge is 0.0866 e. The highest BCUT2D eigenvalue weighted by atomic mass is 79.9. The third kappa shape index (κ3) is 19.4. The molecule has 2 heterocycles. The summed E-state index contributed by atoms with van der Waals surface area (Å²) in [6, 6.07) is 8.40. The van der Waals surface area contributed by atoms with Crippen LogP contribution in [0.3, 0.4) is 0 Å². The predicted molar refractivity (Wildman–Crippen MR) is 121 cm³/mol. The zero-order chi connectivity index (χ0) is 20.2. The molecule has 0 amide bonds. The molecule has 2 aliphatic heterocycles. The number of nitrogens with one attached hydrogen (secondary N) is 1. The van der Waals surface area contributed by atoms with Gasteiger partial charge in [0.15, 0.2) is 0 Å². The Hall–Kier alpha value is -1.72. The first kappa shape index (κ1) is 32.0. The van der Waals surface area contributed by atoms with Gasteiger partial charge in [0.25, 0.3) is 0 Å². The van der Waals surface area contributed by atoms with E-state index >= 15 is 0 Å². The van der Waals surface area contributed by atoms with E-state index in [1.54, 1.807) is 0 Å². The Bertz CT molecular complexity index is 515. The average molecular weight is 469 g/mol. The van der Waals surface area contributed by atoms with Crippen molar-refractivity contribution in [1.82, 2.24) is 20.0 Å². The first-order valence-electron chi connectivity index (χ1n) is 9.13. The lowest BCUT2D eigenvalue weighted by Gasteiger charge is -2.32. The number of nitriles is 4. The summed E-state index contributed by atoms with van der Waals surface area (Å²) in [4.78, 5) is 6.57. The van der Waals surface area contributed by atoms with E-state index in [-0.39, 0.29) is 14.9 Å². The molecule has 0 aromatic heterocycles. The van der Waals surface area contributed by atoms with E-state index in [0.717, 1.165) is 64.2 Å². The molecule has 2 saturated heterocycles. The molecule has 2 aliphatic rings. The minimum Gasteiger partial charge on any atom is -0.314 e. The number of piperazine rings is 2. The molecule has 2 fully saturated rings. The number of nitrogens with zero attached hydrogens (tertiary/aromatic N) is 7. The first-order valence-corrected chi connectivity index (χ1v) is 10.3. The van der Waals surface area contributed by atoms with Gasteiger partial charge in [-0.1, -0.05) is 30.8 Å². The lowest BCUT2D eigenvalue weighted by Crippen LogP contribution is -2.46. The van der Waals surface area contributed by atoms with Gasteiger partial charge >= 0.3 is 0 Å². The largest absolute Gasteiger partial charge is 0.314 e. The minimum atomic E-state index is 0. The Labute approximate surface area is 186 Å². The van der Waals surface area contributed by atoms with Crippen LogP contribution in [-0.4, -0.2) is 92.0 Å². The average Bonchev–Trinajstić information content (AvgIpc) is 2.70. The van der Waals surface area contributed by atoms with Crippen LogP contribution in [0.1, 0.15) is 27.7 Å². The quantitative estimate of drug-likeness (QED) is 0.480. The van der Waals surface area contributed by atoms with Crippen molar-refractivity contribution in [1.29, 1.82) is 21.0 Å². The van der Waals surface area contributed by atoms with Crippen LogP contribution in [0.4, 0.5) is 0 Å². The third-order valence-electron chi connectivity index (χ3n) is 4.01. The number of rotatable bonds is 5. The molecule has 0 bridgehead atoms.